The highest BCUT2D eigenvalue weighted by Crippen LogP contribution is 2.34. The van der Waals surface area contributed by atoms with E-state index in [1.165, 1.54) is 0 Å². The lowest BCUT2D eigenvalue weighted by atomic mass is 9.90. The van der Waals surface area contributed by atoms with Crippen LogP contribution in [0.4, 0.5) is 0 Å². The lowest BCUT2D eigenvalue weighted by molar-refractivity contribution is 1.04. The van der Waals surface area contributed by atoms with E-state index < -0.39 is 0 Å². The Labute approximate surface area is 133 Å². The molecular weight excluding hydrogens is 322 g/mol. The van der Waals surface area contributed by atoms with Crippen molar-refractivity contribution < 1.29 is 0 Å². The first kappa shape index (κ1) is 13.9. The monoisotopic (exact) mass is 335 g/mol. The van der Waals surface area contributed by atoms with Gasteiger partial charge in [0.2, 0.25) is 0 Å². The summed E-state index contributed by atoms with van der Waals surface area (Å²) in [6.07, 6.45) is 8.59. The zero-order valence-electron chi connectivity index (χ0n) is 11.5. The first-order valence-corrected chi connectivity index (χ1v) is 7.75. The Morgan fingerprint density at radius 3 is 2.43 bits per heavy atom. The van der Waals surface area contributed by atoms with Crippen molar-refractivity contribution in [2.75, 3.05) is 0 Å². The molecule has 0 fully saturated rings. The van der Waals surface area contributed by atoms with Gasteiger partial charge < -0.3 is 0 Å². The molecule has 21 heavy (non-hydrogen) atoms. The Hall–Kier alpha value is -2.11. The van der Waals surface area contributed by atoms with Gasteiger partial charge in [-0.25, -0.2) is 0 Å². The number of halogens is 1. The molecule has 2 heteroatoms. The van der Waals surface area contributed by atoms with Crippen LogP contribution in [0.25, 0.3) is 16.7 Å². The van der Waals surface area contributed by atoms with Crippen LogP contribution < -0.4 is 0 Å². The van der Waals surface area contributed by atoms with Crippen LogP contribution in [0, 0.1) is 11.3 Å². The summed E-state index contributed by atoms with van der Waals surface area (Å²) in [7, 11) is 0. The zero-order valence-corrected chi connectivity index (χ0v) is 13.1. The lowest BCUT2D eigenvalue weighted by Gasteiger charge is -2.14. The van der Waals surface area contributed by atoms with Gasteiger partial charge in [0.25, 0.3) is 0 Å². The molecule has 0 radical (unpaired) electrons. The molecule has 0 atom stereocenters. The smallest absolute Gasteiger partial charge is 0.100 e. The number of nitrogens with zero attached hydrogens (tertiary/aromatic N) is 1. The molecule has 0 aromatic heterocycles. The summed E-state index contributed by atoms with van der Waals surface area (Å²) in [5, 5.41) is 9.67. The van der Waals surface area contributed by atoms with Crippen LogP contribution in [0.2, 0.25) is 0 Å². The number of hydrogen-bond acceptors (Lipinski definition) is 1. The highest BCUT2D eigenvalue weighted by molar-refractivity contribution is 9.10. The van der Waals surface area contributed by atoms with E-state index in [1.807, 2.05) is 42.5 Å². The second kappa shape index (κ2) is 6.11. The van der Waals surface area contributed by atoms with Crippen molar-refractivity contribution in [2.24, 2.45) is 0 Å². The predicted molar refractivity (Wildman–Crippen MR) is 90.6 cm³/mol. The van der Waals surface area contributed by atoms with E-state index in [9.17, 15) is 5.26 Å². The van der Waals surface area contributed by atoms with E-state index in [1.54, 1.807) is 0 Å². The fraction of sp³-hybridized carbons (Fsp3) is 0.105. The second-order valence-corrected chi connectivity index (χ2v) is 5.91. The molecule has 0 saturated carbocycles. The highest BCUT2D eigenvalue weighted by Gasteiger charge is 2.14. The van der Waals surface area contributed by atoms with Crippen LogP contribution in [0.1, 0.15) is 24.0 Å². The van der Waals surface area contributed by atoms with E-state index in [-0.39, 0.29) is 0 Å². The maximum absolute atomic E-state index is 9.67. The summed E-state index contributed by atoms with van der Waals surface area (Å²) in [4.78, 5) is 0. The molecule has 1 aliphatic carbocycles. The SMILES string of the molecule is N#Cc1c(C2=CCCC=C2)cc(Br)cc1-c1ccccc1. The van der Waals surface area contributed by atoms with E-state index in [2.05, 4.69) is 40.2 Å². The average Bonchev–Trinajstić information content (AvgIpc) is 2.55. The second-order valence-electron chi connectivity index (χ2n) is 4.99. The van der Waals surface area contributed by atoms with E-state index in [4.69, 9.17) is 0 Å². The van der Waals surface area contributed by atoms with Crippen LogP contribution in [0.3, 0.4) is 0 Å². The number of allylic oxidation sites excluding steroid dienone is 4. The van der Waals surface area contributed by atoms with Gasteiger partial charge in [0.05, 0.1) is 5.56 Å². The minimum atomic E-state index is 0.738. The molecule has 0 amide bonds. The predicted octanol–water partition coefficient (Wildman–Crippen LogP) is 5.72. The fourth-order valence-electron chi connectivity index (χ4n) is 2.61. The zero-order chi connectivity index (χ0) is 14.7. The molecule has 1 aliphatic rings. The third-order valence-corrected chi connectivity index (χ3v) is 4.06. The molecule has 0 aliphatic heterocycles. The largest absolute Gasteiger partial charge is 0.192 e. The standard InChI is InChI=1S/C19H14BrN/c20-16-11-17(14-7-3-1-4-8-14)19(13-21)18(12-16)15-9-5-2-6-10-15/h1,3-5,7-12H,2,6H2. The summed E-state index contributed by atoms with van der Waals surface area (Å²) < 4.78 is 0.996. The van der Waals surface area contributed by atoms with Crippen molar-refractivity contribution in [3.05, 3.63) is 76.3 Å². The highest BCUT2D eigenvalue weighted by atomic mass is 79.9. The Bertz CT molecular complexity index is 764. The third kappa shape index (κ3) is 2.84. The van der Waals surface area contributed by atoms with Gasteiger partial charge in [0.15, 0.2) is 0 Å². The molecule has 2 aromatic carbocycles. The average molecular weight is 336 g/mol. The topological polar surface area (TPSA) is 23.8 Å². The van der Waals surface area contributed by atoms with Crippen molar-refractivity contribution in [3.63, 3.8) is 0 Å². The van der Waals surface area contributed by atoms with Gasteiger partial charge >= 0.3 is 0 Å². The Morgan fingerprint density at radius 2 is 1.76 bits per heavy atom. The summed E-state index contributed by atoms with van der Waals surface area (Å²) in [5.74, 6) is 0. The molecule has 0 heterocycles. The summed E-state index contributed by atoms with van der Waals surface area (Å²) in [6.45, 7) is 0. The molecule has 1 nitrogen and oxygen atoms in total. The van der Waals surface area contributed by atoms with Gasteiger partial charge in [-0.3, -0.25) is 0 Å². The van der Waals surface area contributed by atoms with Crippen LogP contribution in [0.15, 0.2) is 65.2 Å². The van der Waals surface area contributed by atoms with Gasteiger partial charge in [-0.15, -0.1) is 0 Å². The Morgan fingerprint density at radius 1 is 1.00 bits per heavy atom. The van der Waals surface area contributed by atoms with E-state index in [0.29, 0.717) is 0 Å². The minimum absolute atomic E-state index is 0.738. The third-order valence-electron chi connectivity index (χ3n) is 3.61. The molecule has 2 aromatic rings. The van der Waals surface area contributed by atoms with Gasteiger partial charge in [-0.05, 0) is 36.1 Å². The Kier molecular flexibility index (Phi) is 4.03. The van der Waals surface area contributed by atoms with Gasteiger partial charge in [0, 0.05) is 15.6 Å². The summed E-state index contributed by atoms with van der Waals surface area (Å²) >= 11 is 3.58. The van der Waals surface area contributed by atoms with Crippen molar-refractivity contribution >= 4 is 21.5 Å². The molecule has 0 spiro atoms. The van der Waals surface area contributed by atoms with Gasteiger partial charge in [-0.1, -0.05) is 64.5 Å². The number of benzene rings is 2. The van der Waals surface area contributed by atoms with Crippen LogP contribution in [0.5, 0.6) is 0 Å². The number of hydrogen-bond donors (Lipinski definition) is 0. The quantitative estimate of drug-likeness (QED) is 0.688. The van der Waals surface area contributed by atoms with E-state index >= 15 is 0 Å². The maximum atomic E-state index is 9.67. The number of nitriles is 1. The van der Waals surface area contributed by atoms with Gasteiger partial charge in [-0.2, -0.15) is 5.26 Å². The van der Waals surface area contributed by atoms with E-state index in [0.717, 1.165) is 45.1 Å². The van der Waals surface area contributed by atoms with Crippen LogP contribution in [-0.2, 0) is 0 Å². The fourth-order valence-corrected chi connectivity index (χ4v) is 3.07. The lowest BCUT2D eigenvalue weighted by Crippen LogP contribution is -1.95. The number of rotatable bonds is 2. The normalized spacial score (nSPS) is 13.6. The van der Waals surface area contributed by atoms with Crippen LogP contribution >= 0.6 is 15.9 Å². The molecule has 3 rings (SSSR count). The van der Waals surface area contributed by atoms with Crippen molar-refractivity contribution in [1.29, 1.82) is 5.26 Å². The van der Waals surface area contributed by atoms with Crippen molar-refractivity contribution in [3.8, 4) is 17.2 Å². The molecular formula is C19H14BrN. The molecule has 0 N–H and O–H groups in total. The molecule has 0 unspecified atom stereocenters. The van der Waals surface area contributed by atoms with Gasteiger partial charge in [0.1, 0.15) is 6.07 Å². The molecule has 102 valence electrons. The van der Waals surface area contributed by atoms with Crippen molar-refractivity contribution in [1.82, 2.24) is 0 Å². The maximum Gasteiger partial charge on any atom is 0.100 e. The minimum Gasteiger partial charge on any atom is -0.192 e. The molecule has 0 bridgehead atoms. The van der Waals surface area contributed by atoms with Crippen molar-refractivity contribution in [2.45, 2.75) is 12.8 Å². The summed E-state index contributed by atoms with van der Waals surface area (Å²) in [6, 6.07) is 16.5. The summed E-state index contributed by atoms with van der Waals surface area (Å²) in [5.41, 5.74) is 4.92. The van der Waals surface area contributed by atoms with Crippen LogP contribution in [-0.4, -0.2) is 0 Å². The first-order chi connectivity index (χ1) is 10.3. The molecule has 0 saturated heterocycles. The first-order valence-electron chi connectivity index (χ1n) is 6.96. The Balaban J connectivity index is 2.23.